The van der Waals surface area contributed by atoms with Crippen LogP contribution in [-0.2, 0) is 0 Å². The lowest BCUT2D eigenvalue weighted by atomic mass is 10.0. The molecule has 1 aliphatic heterocycles. The number of rotatable bonds is 3. The first kappa shape index (κ1) is 12.9. The molecule has 1 amide bonds. The van der Waals surface area contributed by atoms with Gasteiger partial charge in [0.05, 0.1) is 7.11 Å². The molecule has 98 valence electrons. The van der Waals surface area contributed by atoms with Gasteiger partial charge in [0.1, 0.15) is 5.75 Å². The van der Waals surface area contributed by atoms with Gasteiger partial charge in [-0.05, 0) is 31.5 Å². The Morgan fingerprint density at radius 3 is 2.94 bits per heavy atom. The van der Waals surface area contributed by atoms with Gasteiger partial charge in [-0.2, -0.15) is 0 Å². The minimum absolute atomic E-state index is 0.0114. The van der Waals surface area contributed by atoms with Crippen molar-refractivity contribution in [2.45, 2.75) is 19.4 Å². The monoisotopic (exact) mass is 249 g/mol. The first-order chi connectivity index (χ1) is 8.67. The number of nitrogens with zero attached hydrogens (tertiary/aromatic N) is 1. The molecule has 1 N–H and O–H groups in total. The van der Waals surface area contributed by atoms with Crippen molar-refractivity contribution in [3.63, 3.8) is 0 Å². The molecule has 0 radical (unpaired) electrons. The highest BCUT2D eigenvalue weighted by Crippen LogP contribution is 2.26. The number of aliphatic hydroxyl groups excluding tert-OH is 1. The number of ether oxygens (including phenoxy) is 1. The van der Waals surface area contributed by atoms with Crippen molar-refractivity contribution in [1.29, 1.82) is 0 Å². The van der Waals surface area contributed by atoms with E-state index < -0.39 is 0 Å². The predicted molar refractivity (Wildman–Crippen MR) is 68.7 cm³/mol. The van der Waals surface area contributed by atoms with E-state index in [0.29, 0.717) is 17.9 Å². The molecule has 0 aromatic heterocycles. The van der Waals surface area contributed by atoms with Gasteiger partial charge in [-0.3, -0.25) is 4.79 Å². The smallest absolute Gasteiger partial charge is 0.254 e. The van der Waals surface area contributed by atoms with Crippen LogP contribution in [0.4, 0.5) is 0 Å². The van der Waals surface area contributed by atoms with E-state index in [4.69, 9.17) is 4.74 Å². The molecule has 1 aliphatic rings. The van der Waals surface area contributed by atoms with Gasteiger partial charge >= 0.3 is 0 Å². The standard InChI is InChI=1S/C14H19NO3/c1-10-12(9-16)6-7-15(10)14(17)11-4-3-5-13(8-11)18-2/h3-5,8,10,12,16H,6-7,9H2,1-2H3/t10-,12+/m0/s1. The van der Waals surface area contributed by atoms with Gasteiger partial charge in [0.2, 0.25) is 0 Å². The lowest BCUT2D eigenvalue weighted by Crippen LogP contribution is -2.36. The Hall–Kier alpha value is -1.55. The molecule has 1 heterocycles. The van der Waals surface area contributed by atoms with E-state index in [9.17, 15) is 9.90 Å². The maximum Gasteiger partial charge on any atom is 0.254 e. The Kier molecular flexibility index (Phi) is 3.87. The minimum atomic E-state index is 0.0114. The molecule has 0 aliphatic carbocycles. The van der Waals surface area contributed by atoms with Crippen molar-refractivity contribution < 1.29 is 14.6 Å². The average Bonchev–Trinajstić information content (AvgIpc) is 2.79. The van der Waals surface area contributed by atoms with Gasteiger partial charge in [0.25, 0.3) is 5.91 Å². The summed E-state index contributed by atoms with van der Waals surface area (Å²) in [4.78, 5) is 14.2. The number of benzene rings is 1. The molecule has 0 saturated carbocycles. The van der Waals surface area contributed by atoms with E-state index in [1.54, 1.807) is 19.2 Å². The van der Waals surface area contributed by atoms with Crippen molar-refractivity contribution in [3.05, 3.63) is 29.8 Å². The fourth-order valence-corrected chi connectivity index (χ4v) is 2.46. The second kappa shape index (κ2) is 5.40. The summed E-state index contributed by atoms with van der Waals surface area (Å²) in [6.45, 7) is 2.84. The highest BCUT2D eigenvalue weighted by atomic mass is 16.5. The summed E-state index contributed by atoms with van der Waals surface area (Å²) in [5.41, 5.74) is 0.639. The molecular weight excluding hydrogens is 230 g/mol. The number of aliphatic hydroxyl groups is 1. The number of amides is 1. The van der Waals surface area contributed by atoms with Crippen molar-refractivity contribution in [2.75, 3.05) is 20.3 Å². The van der Waals surface area contributed by atoms with E-state index in [2.05, 4.69) is 0 Å². The molecule has 4 nitrogen and oxygen atoms in total. The number of methoxy groups -OCH3 is 1. The largest absolute Gasteiger partial charge is 0.497 e. The van der Waals surface area contributed by atoms with Crippen LogP contribution >= 0.6 is 0 Å². The number of carbonyl (C=O) groups is 1. The summed E-state index contributed by atoms with van der Waals surface area (Å²) in [5.74, 6) is 0.892. The second-order valence-electron chi connectivity index (χ2n) is 4.70. The van der Waals surface area contributed by atoms with Gasteiger partial charge in [-0.25, -0.2) is 0 Å². The molecule has 0 spiro atoms. The van der Waals surface area contributed by atoms with Crippen LogP contribution in [0.25, 0.3) is 0 Å². The van der Waals surface area contributed by atoms with Gasteiger partial charge in [-0.15, -0.1) is 0 Å². The summed E-state index contributed by atoms with van der Waals surface area (Å²) >= 11 is 0. The molecule has 1 aromatic carbocycles. The Labute approximate surface area is 107 Å². The third kappa shape index (κ3) is 2.34. The predicted octanol–water partition coefficient (Wildman–Crippen LogP) is 1.54. The van der Waals surface area contributed by atoms with Crippen LogP contribution in [0, 0.1) is 5.92 Å². The van der Waals surface area contributed by atoms with Gasteiger partial charge in [0.15, 0.2) is 0 Å². The van der Waals surface area contributed by atoms with Crippen molar-refractivity contribution in [2.24, 2.45) is 5.92 Å². The quantitative estimate of drug-likeness (QED) is 0.884. The van der Waals surface area contributed by atoms with Crippen molar-refractivity contribution >= 4 is 5.91 Å². The zero-order valence-electron chi connectivity index (χ0n) is 10.8. The Balaban J connectivity index is 2.16. The molecule has 1 aromatic rings. The maximum atomic E-state index is 12.4. The molecule has 1 fully saturated rings. The van der Waals surface area contributed by atoms with Crippen LogP contribution < -0.4 is 4.74 Å². The number of hydrogen-bond donors (Lipinski definition) is 1. The van der Waals surface area contributed by atoms with E-state index in [-0.39, 0.29) is 24.5 Å². The van der Waals surface area contributed by atoms with Crippen LogP contribution in [0.3, 0.4) is 0 Å². The fourth-order valence-electron chi connectivity index (χ4n) is 2.46. The number of carbonyl (C=O) groups excluding carboxylic acids is 1. The summed E-state index contributed by atoms with van der Waals surface area (Å²) in [7, 11) is 1.59. The Bertz CT molecular complexity index is 433. The van der Waals surface area contributed by atoms with E-state index in [0.717, 1.165) is 6.42 Å². The molecular formula is C14H19NO3. The average molecular weight is 249 g/mol. The first-order valence-electron chi connectivity index (χ1n) is 6.23. The van der Waals surface area contributed by atoms with Crippen molar-refractivity contribution in [3.8, 4) is 5.75 Å². The van der Waals surface area contributed by atoms with E-state index in [1.807, 2.05) is 24.0 Å². The van der Waals surface area contributed by atoms with Gasteiger partial charge < -0.3 is 14.7 Å². The van der Waals surface area contributed by atoms with Crippen LogP contribution in [0.1, 0.15) is 23.7 Å². The lowest BCUT2D eigenvalue weighted by molar-refractivity contribution is 0.0716. The Morgan fingerprint density at radius 2 is 2.33 bits per heavy atom. The fraction of sp³-hybridized carbons (Fsp3) is 0.500. The van der Waals surface area contributed by atoms with Crippen LogP contribution in [0.15, 0.2) is 24.3 Å². The topological polar surface area (TPSA) is 49.8 Å². The summed E-state index contributed by atoms with van der Waals surface area (Å²) < 4.78 is 5.13. The van der Waals surface area contributed by atoms with Gasteiger partial charge in [-0.1, -0.05) is 6.07 Å². The molecule has 2 atom stereocenters. The summed E-state index contributed by atoms with van der Waals surface area (Å²) in [6.07, 6.45) is 0.868. The lowest BCUT2D eigenvalue weighted by Gasteiger charge is -2.24. The molecule has 0 bridgehead atoms. The van der Waals surface area contributed by atoms with Crippen LogP contribution in [0.5, 0.6) is 5.75 Å². The Morgan fingerprint density at radius 1 is 1.56 bits per heavy atom. The highest BCUT2D eigenvalue weighted by molar-refractivity contribution is 5.95. The summed E-state index contributed by atoms with van der Waals surface area (Å²) in [6, 6.07) is 7.27. The molecule has 18 heavy (non-hydrogen) atoms. The zero-order chi connectivity index (χ0) is 13.1. The molecule has 1 saturated heterocycles. The molecule has 4 heteroatoms. The summed E-state index contributed by atoms with van der Waals surface area (Å²) in [5, 5.41) is 9.23. The first-order valence-corrected chi connectivity index (χ1v) is 6.23. The zero-order valence-corrected chi connectivity index (χ0v) is 10.8. The molecule has 0 unspecified atom stereocenters. The van der Waals surface area contributed by atoms with Crippen LogP contribution in [-0.4, -0.2) is 42.2 Å². The van der Waals surface area contributed by atoms with Crippen LogP contribution in [0.2, 0.25) is 0 Å². The maximum absolute atomic E-state index is 12.4. The third-order valence-corrected chi connectivity index (χ3v) is 3.73. The van der Waals surface area contributed by atoms with E-state index in [1.165, 1.54) is 0 Å². The highest BCUT2D eigenvalue weighted by Gasteiger charge is 2.33. The minimum Gasteiger partial charge on any atom is -0.497 e. The SMILES string of the molecule is COc1cccc(C(=O)N2CC[C@H](CO)[C@@H]2C)c1. The molecule has 2 rings (SSSR count). The van der Waals surface area contributed by atoms with Gasteiger partial charge in [0, 0.05) is 30.7 Å². The normalized spacial score (nSPS) is 23.2. The van der Waals surface area contributed by atoms with E-state index >= 15 is 0 Å². The second-order valence-corrected chi connectivity index (χ2v) is 4.70. The number of hydrogen-bond acceptors (Lipinski definition) is 3. The third-order valence-electron chi connectivity index (χ3n) is 3.73. The van der Waals surface area contributed by atoms with Crippen molar-refractivity contribution in [1.82, 2.24) is 4.90 Å². The number of likely N-dealkylation sites (tertiary alicyclic amines) is 1.